The van der Waals surface area contributed by atoms with Gasteiger partial charge in [-0.2, -0.15) is 0 Å². The Morgan fingerprint density at radius 1 is 1.19 bits per heavy atom. The number of rotatable bonds is 7. The van der Waals surface area contributed by atoms with Gasteiger partial charge in [0.25, 0.3) is 5.91 Å². The maximum Gasteiger partial charge on any atom is 0.251 e. The van der Waals surface area contributed by atoms with Crippen LogP contribution in [0.3, 0.4) is 0 Å². The van der Waals surface area contributed by atoms with Crippen molar-refractivity contribution in [3.63, 3.8) is 0 Å². The van der Waals surface area contributed by atoms with Crippen molar-refractivity contribution in [3.05, 3.63) is 105 Å². The second-order valence-corrected chi connectivity index (χ2v) is 12.8. The van der Waals surface area contributed by atoms with Crippen molar-refractivity contribution in [2.24, 2.45) is 10.4 Å². The summed E-state index contributed by atoms with van der Waals surface area (Å²) < 4.78 is 21.2. The Bertz CT molecular complexity index is 1700. The average molecular weight is 579 g/mol. The molecule has 1 fully saturated rings. The first-order valence-electron chi connectivity index (χ1n) is 15.3. The molecule has 0 bridgehead atoms. The quantitative estimate of drug-likeness (QED) is 0.354. The number of amidine groups is 1. The highest BCUT2D eigenvalue weighted by Crippen LogP contribution is 2.48. The summed E-state index contributed by atoms with van der Waals surface area (Å²) in [7, 11) is 1.76. The van der Waals surface area contributed by atoms with Crippen molar-refractivity contribution in [1.29, 1.82) is 0 Å². The average Bonchev–Trinajstić information content (AvgIpc) is 3.54. The van der Waals surface area contributed by atoms with Crippen LogP contribution >= 0.6 is 0 Å². The summed E-state index contributed by atoms with van der Waals surface area (Å²) in [6, 6.07) is 11.9. The van der Waals surface area contributed by atoms with E-state index in [0.29, 0.717) is 24.1 Å². The molecule has 0 aromatic heterocycles. The smallest absolute Gasteiger partial charge is 0.251 e. The van der Waals surface area contributed by atoms with E-state index in [0.717, 1.165) is 65.8 Å². The number of alkyl halides is 1. The van der Waals surface area contributed by atoms with Gasteiger partial charge < -0.3 is 15.0 Å². The predicted octanol–water partition coefficient (Wildman–Crippen LogP) is 5.40. The fourth-order valence-corrected chi connectivity index (χ4v) is 6.64. The van der Waals surface area contributed by atoms with Crippen LogP contribution in [-0.2, 0) is 16.8 Å². The third kappa shape index (κ3) is 6.03. The molecule has 5 nitrogen and oxygen atoms in total. The summed E-state index contributed by atoms with van der Waals surface area (Å²) in [4.78, 5) is 20.5. The van der Waals surface area contributed by atoms with Gasteiger partial charge in [-0.05, 0) is 78.9 Å². The summed E-state index contributed by atoms with van der Waals surface area (Å²) >= 11 is 0. The number of nitrogens with one attached hydrogen (secondary N) is 1. The Hall–Kier alpha value is -3.77. The van der Waals surface area contributed by atoms with E-state index < -0.39 is 5.67 Å². The summed E-state index contributed by atoms with van der Waals surface area (Å²) in [6.45, 7) is 12.0. The Labute approximate surface area is 254 Å². The molecule has 2 aromatic carbocycles. The van der Waals surface area contributed by atoms with Crippen LogP contribution in [0.4, 0.5) is 4.39 Å². The number of fused-ring (bicyclic) bond motifs is 2. The minimum absolute atomic E-state index is 0.172. The van der Waals surface area contributed by atoms with Crippen LogP contribution in [-0.4, -0.2) is 49.5 Å². The third-order valence-electron chi connectivity index (χ3n) is 9.34. The number of carbonyl (C=O) groups excluding carboxylic acids is 1. The van der Waals surface area contributed by atoms with Gasteiger partial charge in [-0.25, -0.2) is 9.38 Å². The highest BCUT2D eigenvalue weighted by Gasteiger charge is 2.39. The molecule has 3 aliphatic carbocycles. The maximum absolute atomic E-state index is 15.6. The summed E-state index contributed by atoms with van der Waals surface area (Å²) in [5.41, 5.74) is 4.66. The number of allylic oxidation sites excluding steroid dienone is 3. The van der Waals surface area contributed by atoms with Crippen LogP contribution < -0.4 is 15.8 Å². The number of benzene rings is 2. The molecule has 6 heteroatoms. The molecule has 1 saturated heterocycles. The normalized spacial score (nSPS) is 26.4. The lowest BCUT2D eigenvalue weighted by Gasteiger charge is -2.28. The molecule has 3 atom stereocenters. The Kier molecular flexibility index (Phi) is 7.76. The number of likely N-dealkylation sites (tertiary alicyclic amines) is 1. The number of hydrogen-bond donors (Lipinski definition) is 1. The first-order valence-corrected chi connectivity index (χ1v) is 15.3. The number of nitrogens with zero attached hydrogens (tertiary/aromatic N) is 2. The lowest BCUT2D eigenvalue weighted by Crippen LogP contribution is -2.40. The second-order valence-electron chi connectivity index (χ2n) is 12.8. The molecular weight excluding hydrogens is 537 g/mol. The van der Waals surface area contributed by atoms with Crippen molar-refractivity contribution in [2.45, 2.75) is 58.2 Å². The molecule has 43 heavy (non-hydrogen) atoms. The first-order chi connectivity index (χ1) is 20.6. The first kappa shape index (κ1) is 29.3. The van der Waals surface area contributed by atoms with Gasteiger partial charge in [-0.15, -0.1) is 0 Å². The zero-order valence-electron chi connectivity index (χ0n) is 25.7. The van der Waals surface area contributed by atoms with Gasteiger partial charge in [-0.1, -0.05) is 61.1 Å². The minimum Gasteiger partial charge on any atom is -0.380 e. The third-order valence-corrected chi connectivity index (χ3v) is 9.34. The largest absolute Gasteiger partial charge is 0.380 e. The van der Waals surface area contributed by atoms with E-state index in [4.69, 9.17) is 9.73 Å². The standard InChI is InChI=1S/C37H41FN3O2/c1-6-33(40-34(7-2)41-15-13-31(22-41)43-5)26-10-8-24-12-14-36(3,20-29(24)17-26)23-39-35(42)27-11-9-25-16-28-18-30(28)21-37(4,38)32(25)19-27/h6-12,17-20,31H,2,13-16,21-23H2,1,3-5H3,(H,39,42)/b33-6-,40-34?/t31-,36?,37+/m0/s1. The van der Waals surface area contributed by atoms with Crippen LogP contribution in [0.15, 0.2) is 71.3 Å². The molecule has 0 spiro atoms. The van der Waals surface area contributed by atoms with Crippen LogP contribution in [0.1, 0.15) is 67.1 Å². The SMILES string of the molecule is C=CC(=N/C(=C\C)c1ccc2c(c1)=CC(C)(CNC(=O)c1ccc3c(c1)[C@](C)(F)CC1=C([CH]1)C3)CC=2)N1CC[C@H](OC)C1. The van der Waals surface area contributed by atoms with Gasteiger partial charge in [0, 0.05) is 56.1 Å². The van der Waals surface area contributed by atoms with Crippen LogP contribution in [0.25, 0.3) is 17.8 Å². The highest BCUT2D eigenvalue weighted by atomic mass is 19.1. The van der Waals surface area contributed by atoms with Gasteiger partial charge in [-0.3, -0.25) is 4.79 Å². The summed E-state index contributed by atoms with van der Waals surface area (Å²) in [5.74, 6) is 0.682. The lowest BCUT2D eigenvalue weighted by molar-refractivity contribution is 0.0942. The topological polar surface area (TPSA) is 53.9 Å². The zero-order valence-corrected chi connectivity index (χ0v) is 25.7. The zero-order chi connectivity index (χ0) is 30.4. The monoisotopic (exact) mass is 578 g/mol. The van der Waals surface area contributed by atoms with Crippen LogP contribution in [0, 0.1) is 11.8 Å². The van der Waals surface area contributed by atoms with Crippen molar-refractivity contribution in [3.8, 4) is 0 Å². The molecule has 1 N–H and O–H groups in total. The van der Waals surface area contributed by atoms with Crippen molar-refractivity contribution >= 4 is 29.6 Å². The number of carbonyl (C=O) groups is 1. The second kappa shape index (κ2) is 11.4. The molecule has 1 heterocycles. The lowest BCUT2D eigenvalue weighted by atomic mass is 9.82. The van der Waals surface area contributed by atoms with Crippen LogP contribution in [0.5, 0.6) is 0 Å². The number of amides is 1. The molecule has 1 unspecified atom stereocenters. The van der Waals surface area contributed by atoms with E-state index in [2.05, 4.69) is 60.5 Å². The van der Waals surface area contributed by atoms with E-state index in [1.807, 2.05) is 31.2 Å². The predicted molar refractivity (Wildman–Crippen MR) is 172 cm³/mol. The number of hydrogen-bond acceptors (Lipinski definition) is 3. The van der Waals surface area contributed by atoms with Crippen molar-refractivity contribution in [2.75, 3.05) is 26.7 Å². The Balaban J connectivity index is 1.19. The molecular formula is C37H41FN3O2. The maximum atomic E-state index is 15.6. The molecule has 2 aromatic rings. The highest BCUT2D eigenvalue weighted by molar-refractivity contribution is 5.96. The molecule has 6 rings (SSSR count). The number of halogens is 1. The number of methoxy groups -OCH3 is 1. The van der Waals surface area contributed by atoms with Gasteiger partial charge in [0.1, 0.15) is 11.5 Å². The van der Waals surface area contributed by atoms with Gasteiger partial charge in [0.15, 0.2) is 0 Å². The van der Waals surface area contributed by atoms with Crippen molar-refractivity contribution < 1.29 is 13.9 Å². The van der Waals surface area contributed by atoms with E-state index in [1.165, 1.54) is 10.8 Å². The van der Waals surface area contributed by atoms with Crippen LogP contribution in [0.2, 0.25) is 0 Å². The van der Waals surface area contributed by atoms with Gasteiger partial charge in [0.2, 0.25) is 0 Å². The summed E-state index contributed by atoms with van der Waals surface area (Å²) in [5, 5.41) is 5.44. The molecule has 4 aliphatic rings. The number of ether oxygens (including phenoxy) is 1. The minimum atomic E-state index is -1.47. The molecule has 0 saturated carbocycles. The van der Waals surface area contributed by atoms with E-state index >= 15 is 4.39 Å². The Morgan fingerprint density at radius 2 is 2.00 bits per heavy atom. The van der Waals surface area contributed by atoms with Gasteiger partial charge >= 0.3 is 0 Å². The molecule has 223 valence electrons. The fourth-order valence-electron chi connectivity index (χ4n) is 6.64. The number of aliphatic imine (C=N–C) groups is 1. The van der Waals surface area contributed by atoms with Gasteiger partial charge in [0.05, 0.1) is 11.8 Å². The summed E-state index contributed by atoms with van der Waals surface area (Å²) in [6.07, 6.45) is 13.6. The molecule has 1 radical (unpaired) electrons. The van der Waals surface area contributed by atoms with E-state index in [9.17, 15) is 4.79 Å². The molecule has 1 amide bonds. The van der Waals surface area contributed by atoms with E-state index in [-0.39, 0.29) is 17.4 Å². The van der Waals surface area contributed by atoms with Crippen molar-refractivity contribution in [1.82, 2.24) is 10.2 Å². The molecule has 1 aliphatic heterocycles. The Morgan fingerprint density at radius 3 is 2.74 bits per heavy atom. The van der Waals surface area contributed by atoms with E-state index in [1.54, 1.807) is 20.1 Å². The fraction of sp³-hybridized carbons (Fsp3) is 0.378.